The summed E-state index contributed by atoms with van der Waals surface area (Å²) >= 11 is 0. The summed E-state index contributed by atoms with van der Waals surface area (Å²) in [5.74, 6) is 1.05. The van der Waals surface area contributed by atoms with Gasteiger partial charge in [-0.25, -0.2) is 0 Å². The molecule has 0 aromatic heterocycles. The molecule has 22 heavy (non-hydrogen) atoms. The number of rotatable bonds is 6. The van der Waals surface area contributed by atoms with Gasteiger partial charge in [0.2, 0.25) is 0 Å². The summed E-state index contributed by atoms with van der Waals surface area (Å²) in [6.45, 7) is 8.69. The number of quaternary nitrogens is 1. The van der Waals surface area contributed by atoms with E-state index in [1.54, 1.807) is 7.11 Å². The average Bonchev–Trinajstić information content (AvgIpc) is 2.55. The number of hydrogen-bond acceptors (Lipinski definition) is 3. The molecule has 1 heterocycles. The van der Waals surface area contributed by atoms with Crippen molar-refractivity contribution in [1.29, 1.82) is 0 Å². The van der Waals surface area contributed by atoms with Crippen molar-refractivity contribution in [3.05, 3.63) is 24.3 Å². The SMILES string of the molecule is CC[C@@H](C)NC(=O)C[NH+]1CCN(c2ccc(OC)cc2)CC1. The van der Waals surface area contributed by atoms with Crippen molar-refractivity contribution in [2.75, 3.05) is 44.7 Å². The molecule has 0 bridgehead atoms. The van der Waals surface area contributed by atoms with Gasteiger partial charge in [0.05, 0.1) is 33.3 Å². The third-order valence-electron chi connectivity index (χ3n) is 4.34. The molecule has 0 radical (unpaired) electrons. The number of ether oxygens (including phenoxy) is 1. The van der Waals surface area contributed by atoms with Crippen molar-refractivity contribution >= 4 is 11.6 Å². The van der Waals surface area contributed by atoms with Crippen molar-refractivity contribution < 1.29 is 14.4 Å². The lowest BCUT2D eigenvalue weighted by Gasteiger charge is -2.33. The molecule has 1 fully saturated rings. The van der Waals surface area contributed by atoms with Gasteiger partial charge >= 0.3 is 0 Å². The Bertz CT molecular complexity index is 467. The van der Waals surface area contributed by atoms with Crippen molar-refractivity contribution in [2.45, 2.75) is 26.3 Å². The molecule has 1 aromatic carbocycles. The van der Waals surface area contributed by atoms with Gasteiger partial charge in [0, 0.05) is 11.7 Å². The number of nitrogens with one attached hydrogen (secondary N) is 2. The van der Waals surface area contributed by atoms with Crippen LogP contribution in [-0.2, 0) is 4.79 Å². The van der Waals surface area contributed by atoms with Crippen LogP contribution in [0.15, 0.2) is 24.3 Å². The fourth-order valence-electron chi connectivity index (χ4n) is 2.71. The Morgan fingerprint density at radius 2 is 1.95 bits per heavy atom. The van der Waals surface area contributed by atoms with E-state index in [0.29, 0.717) is 6.54 Å². The van der Waals surface area contributed by atoms with Crippen LogP contribution < -0.4 is 19.9 Å². The maximum atomic E-state index is 11.9. The Labute approximate surface area is 133 Å². The van der Waals surface area contributed by atoms with Crippen LogP contribution in [-0.4, -0.2) is 51.8 Å². The van der Waals surface area contributed by atoms with Gasteiger partial charge < -0.3 is 19.9 Å². The highest BCUT2D eigenvalue weighted by molar-refractivity contribution is 5.77. The van der Waals surface area contributed by atoms with Gasteiger partial charge in [-0.15, -0.1) is 0 Å². The fraction of sp³-hybridized carbons (Fsp3) is 0.588. The van der Waals surface area contributed by atoms with Crippen LogP contribution in [0.1, 0.15) is 20.3 Å². The van der Waals surface area contributed by atoms with Gasteiger partial charge in [-0.2, -0.15) is 0 Å². The zero-order chi connectivity index (χ0) is 15.9. The monoisotopic (exact) mass is 306 g/mol. The Hall–Kier alpha value is -1.75. The maximum absolute atomic E-state index is 11.9. The van der Waals surface area contributed by atoms with Crippen LogP contribution in [0, 0.1) is 0 Å². The highest BCUT2D eigenvalue weighted by Gasteiger charge is 2.22. The van der Waals surface area contributed by atoms with Gasteiger partial charge in [-0.1, -0.05) is 6.92 Å². The second-order valence-electron chi connectivity index (χ2n) is 5.99. The predicted molar refractivity (Wildman–Crippen MR) is 88.7 cm³/mol. The quantitative estimate of drug-likeness (QED) is 0.795. The smallest absolute Gasteiger partial charge is 0.275 e. The topological polar surface area (TPSA) is 46.0 Å². The molecular weight excluding hydrogens is 278 g/mol. The molecular formula is C17H28N3O2+. The molecule has 0 saturated carbocycles. The number of nitrogens with zero attached hydrogens (tertiary/aromatic N) is 1. The lowest BCUT2D eigenvalue weighted by molar-refractivity contribution is -0.892. The normalized spacial score (nSPS) is 17.1. The number of benzene rings is 1. The number of amides is 1. The van der Waals surface area contributed by atoms with E-state index < -0.39 is 0 Å². The molecule has 1 saturated heterocycles. The van der Waals surface area contributed by atoms with Gasteiger partial charge in [0.1, 0.15) is 5.75 Å². The van der Waals surface area contributed by atoms with E-state index in [9.17, 15) is 4.79 Å². The highest BCUT2D eigenvalue weighted by Crippen LogP contribution is 2.18. The number of anilines is 1. The van der Waals surface area contributed by atoms with Crippen molar-refractivity contribution in [3.8, 4) is 5.75 Å². The molecule has 0 spiro atoms. The van der Waals surface area contributed by atoms with Crippen LogP contribution in [0.5, 0.6) is 5.75 Å². The fourth-order valence-corrected chi connectivity index (χ4v) is 2.71. The molecule has 5 heteroatoms. The molecule has 0 unspecified atom stereocenters. The Morgan fingerprint density at radius 3 is 2.50 bits per heavy atom. The first-order valence-corrected chi connectivity index (χ1v) is 8.14. The Kier molecular flexibility index (Phi) is 6.07. The van der Waals surface area contributed by atoms with E-state index in [0.717, 1.165) is 38.3 Å². The van der Waals surface area contributed by atoms with Gasteiger partial charge in [-0.05, 0) is 37.6 Å². The zero-order valence-corrected chi connectivity index (χ0v) is 13.9. The van der Waals surface area contributed by atoms with Crippen molar-refractivity contribution in [2.24, 2.45) is 0 Å². The van der Waals surface area contributed by atoms with E-state index in [4.69, 9.17) is 4.74 Å². The molecule has 1 aliphatic rings. The molecule has 2 rings (SSSR count). The number of methoxy groups -OCH3 is 1. The molecule has 5 nitrogen and oxygen atoms in total. The average molecular weight is 306 g/mol. The standard InChI is InChI=1S/C17H27N3O2/c1-4-14(2)18-17(21)13-19-9-11-20(12-10-19)15-5-7-16(22-3)8-6-15/h5-8,14H,4,9-13H2,1-3H3,(H,18,21)/p+1/t14-/m1/s1. The minimum absolute atomic E-state index is 0.169. The summed E-state index contributed by atoms with van der Waals surface area (Å²) < 4.78 is 5.19. The first-order chi connectivity index (χ1) is 10.6. The van der Waals surface area contributed by atoms with Crippen molar-refractivity contribution in [1.82, 2.24) is 5.32 Å². The van der Waals surface area contributed by atoms with E-state index >= 15 is 0 Å². The van der Waals surface area contributed by atoms with Gasteiger partial charge in [0.15, 0.2) is 6.54 Å². The summed E-state index contributed by atoms with van der Waals surface area (Å²) in [6.07, 6.45) is 0.978. The number of piperazine rings is 1. The van der Waals surface area contributed by atoms with E-state index in [1.165, 1.54) is 10.6 Å². The zero-order valence-electron chi connectivity index (χ0n) is 13.9. The van der Waals surface area contributed by atoms with Gasteiger partial charge in [0.25, 0.3) is 5.91 Å². The molecule has 1 aliphatic heterocycles. The van der Waals surface area contributed by atoms with Crippen LogP contribution >= 0.6 is 0 Å². The maximum Gasteiger partial charge on any atom is 0.275 e. The van der Waals surface area contributed by atoms with E-state index in [1.807, 2.05) is 12.1 Å². The predicted octanol–water partition coefficient (Wildman–Crippen LogP) is 0.315. The summed E-state index contributed by atoms with van der Waals surface area (Å²) in [5.41, 5.74) is 1.23. The van der Waals surface area contributed by atoms with Crippen LogP contribution in [0.4, 0.5) is 5.69 Å². The molecule has 1 atom stereocenters. The van der Waals surface area contributed by atoms with Crippen LogP contribution in [0.25, 0.3) is 0 Å². The summed E-state index contributed by atoms with van der Waals surface area (Å²) in [4.78, 5) is 15.7. The lowest BCUT2D eigenvalue weighted by atomic mass is 10.2. The van der Waals surface area contributed by atoms with Crippen LogP contribution in [0.2, 0.25) is 0 Å². The summed E-state index contributed by atoms with van der Waals surface area (Å²) in [6, 6.07) is 8.45. The van der Waals surface area contributed by atoms with Crippen molar-refractivity contribution in [3.63, 3.8) is 0 Å². The highest BCUT2D eigenvalue weighted by atomic mass is 16.5. The van der Waals surface area contributed by atoms with E-state index in [-0.39, 0.29) is 11.9 Å². The number of carbonyl (C=O) groups excluding carboxylic acids is 1. The Balaban J connectivity index is 1.78. The summed E-state index contributed by atoms with van der Waals surface area (Å²) in [7, 11) is 1.68. The molecule has 1 amide bonds. The largest absolute Gasteiger partial charge is 0.497 e. The molecule has 122 valence electrons. The second-order valence-corrected chi connectivity index (χ2v) is 5.99. The minimum atomic E-state index is 0.169. The molecule has 0 aliphatic carbocycles. The third kappa shape index (κ3) is 4.63. The molecule has 1 aromatic rings. The number of hydrogen-bond donors (Lipinski definition) is 2. The van der Waals surface area contributed by atoms with Gasteiger partial charge in [-0.3, -0.25) is 4.79 Å². The first kappa shape index (κ1) is 16.6. The third-order valence-corrected chi connectivity index (χ3v) is 4.34. The van der Waals surface area contributed by atoms with E-state index in [2.05, 4.69) is 36.2 Å². The Morgan fingerprint density at radius 1 is 1.32 bits per heavy atom. The first-order valence-electron chi connectivity index (χ1n) is 8.14. The minimum Gasteiger partial charge on any atom is -0.497 e. The van der Waals surface area contributed by atoms with Crippen LogP contribution in [0.3, 0.4) is 0 Å². The second kappa shape index (κ2) is 8.03. The number of carbonyl (C=O) groups is 1. The molecule has 2 N–H and O–H groups in total. The lowest BCUT2D eigenvalue weighted by Crippen LogP contribution is -3.16. The summed E-state index contributed by atoms with van der Waals surface area (Å²) in [5, 5.41) is 3.05.